The van der Waals surface area contributed by atoms with E-state index >= 15 is 0 Å². The normalized spacial score (nSPS) is 14.4. The lowest BCUT2D eigenvalue weighted by molar-refractivity contribution is 0.944. The maximum Gasteiger partial charge on any atom is 0.0619 e. The fourth-order valence-corrected chi connectivity index (χ4v) is 6.52. The van der Waals surface area contributed by atoms with Crippen molar-refractivity contribution in [2.24, 2.45) is 0 Å². The summed E-state index contributed by atoms with van der Waals surface area (Å²) in [5, 5.41) is 8.15. The molecule has 0 saturated heterocycles. The second-order valence-corrected chi connectivity index (χ2v) is 9.99. The monoisotopic (exact) mass is 477 g/mol. The van der Waals surface area contributed by atoms with E-state index in [9.17, 15) is 0 Å². The minimum Gasteiger partial charge on any atom is -0.312 e. The van der Waals surface area contributed by atoms with Gasteiger partial charge in [-0.2, -0.15) is 0 Å². The molecule has 0 saturated carbocycles. The summed E-state index contributed by atoms with van der Waals surface area (Å²) in [5.41, 5.74) is 9.82. The Kier molecular flexibility index (Phi) is 5.25. The molecule has 0 N–H and O–H groups in total. The highest BCUT2D eigenvalue weighted by molar-refractivity contribution is 6.26. The first kappa shape index (κ1) is 22.1. The molecule has 0 aliphatic heterocycles. The molecule has 0 radical (unpaired) electrons. The molecule has 180 valence electrons. The number of aromatic nitrogens is 1. The van der Waals surface area contributed by atoms with Gasteiger partial charge in [0.05, 0.1) is 11.0 Å². The molecule has 0 atom stereocenters. The van der Waals surface area contributed by atoms with Crippen LogP contribution in [0.1, 0.15) is 48.9 Å². The molecule has 1 heterocycles. The van der Waals surface area contributed by atoms with Gasteiger partial charge < -0.3 is 4.57 Å². The van der Waals surface area contributed by atoms with Crippen LogP contribution in [0.3, 0.4) is 0 Å². The average Bonchev–Trinajstić information content (AvgIpc) is 3.31. The zero-order chi connectivity index (χ0) is 24.9. The third-order valence-electron chi connectivity index (χ3n) is 8.10. The zero-order valence-corrected chi connectivity index (χ0v) is 21.6. The van der Waals surface area contributed by atoms with E-state index in [1.807, 2.05) is 13.8 Å². The summed E-state index contributed by atoms with van der Waals surface area (Å²) < 4.78 is 2.61. The largest absolute Gasteiger partial charge is 0.312 e. The topological polar surface area (TPSA) is 4.93 Å². The third-order valence-corrected chi connectivity index (χ3v) is 8.10. The van der Waals surface area contributed by atoms with Crippen LogP contribution >= 0.6 is 0 Å². The maximum atomic E-state index is 2.61. The molecule has 8 rings (SSSR count). The summed E-state index contributed by atoms with van der Waals surface area (Å²) in [5.74, 6) is 0. The van der Waals surface area contributed by atoms with E-state index in [2.05, 4.69) is 108 Å². The molecule has 2 aliphatic carbocycles. The molecule has 0 unspecified atom stereocenters. The van der Waals surface area contributed by atoms with Crippen molar-refractivity contribution in [2.45, 2.75) is 39.5 Å². The predicted molar refractivity (Wildman–Crippen MR) is 162 cm³/mol. The Labute approximate surface area is 218 Å². The second-order valence-electron chi connectivity index (χ2n) is 9.99. The lowest BCUT2D eigenvalue weighted by Crippen LogP contribution is -2.06. The smallest absolute Gasteiger partial charge is 0.0619 e. The van der Waals surface area contributed by atoms with E-state index in [-0.39, 0.29) is 0 Å². The van der Waals surface area contributed by atoms with Gasteiger partial charge in [-0.1, -0.05) is 98.8 Å². The average molecular weight is 478 g/mol. The zero-order valence-electron chi connectivity index (χ0n) is 21.6. The van der Waals surface area contributed by atoms with Crippen molar-refractivity contribution in [2.75, 3.05) is 0 Å². The molecular weight excluding hydrogens is 446 g/mol. The number of hydrogen-bond donors (Lipinski definition) is 0. The minimum absolute atomic E-state index is 1.05. The summed E-state index contributed by atoms with van der Waals surface area (Å²) in [4.78, 5) is 0. The second kappa shape index (κ2) is 8.78. The molecule has 0 fully saturated rings. The van der Waals surface area contributed by atoms with Crippen LogP contribution in [0.4, 0.5) is 0 Å². The van der Waals surface area contributed by atoms with Crippen LogP contribution in [0, 0.1) is 0 Å². The van der Waals surface area contributed by atoms with Crippen molar-refractivity contribution in [1.29, 1.82) is 0 Å². The van der Waals surface area contributed by atoms with Gasteiger partial charge >= 0.3 is 0 Å². The fraction of sp³-hybridized carbons (Fsp3) is 0.167. The van der Waals surface area contributed by atoms with Gasteiger partial charge in [-0.05, 0) is 82.1 Å². The van der Waals surface area contributed by atoms with E-state index in [4.69, 9.17) is 0 Å². The van der Waals surface area contributed by atoms with E-state index in [1.54, 1.807) is 0 Å². The number of aryl methyl sites for hydroxylation is 2. The van der Waals surface area contributed by atoms with E-state index in [0.717, 1.165) is 25.7 Å². The quantitative estimate of drug-likeness (QED) is 0.222. The number of hydrogen-bond acceptors (Lipinski definition) is 0. The lowest BCUT2D eigenvalue weighted by atomic mass is 9.88. The Bertz CT molecular complexity index is 1890. The first-order valence-corrected chi connectivity index (χ1v) is 13.7. The summed E-state index contributed by atoms with van der Waals surface area (Å²) in [6.07, 6.45) is 11.5. The van der Waals surface area contributed by atoms with Crippen molar-refractivity contribution in [3.63, 3.8) is 0 Å². The van der Waals surface area contributed by atoms with E-state index in [0.29, 0.717) is 0 Å². The first-order chi connectivity index (χ1) is 18.4. The van der Waals surface area contributed by atoms with Crippen LogP contribution in [0.5, 0.6) is 0 Å². The number of fused-ring (bicyclic) bond motifs is 10. The van der Waals surface area contributed by atoms with Gasteiger partial charge in [-0.3, -0.25) is 0 Å². The Balaban J connectivity index is 0.00000113. The molecule has 6 aromatic rings. The highest BCUT2D eigenvalue weighted by atomic mass is 15.0. The SMILES string of the molecule is C1=Cc2c(c3ccccc3c3c4cc5ccccc5cc4n(C4=Cc5ccccc5CC4)c23)CC1.CC. The Morgan fingerprint density at radius 2 is 1.41 bits per heavy atom. The van der Waals surface area contributed by atoms with Crippen LogP contribution in [0.2, 0.25) is 0 Å². The van der Waals surface area contributed by atoms with E-state index in [1.165, 1.54) is 71.3 Å². The van der Waals surface area contributed by atoms with Gasteiger partial charge in [-0.25, -0.2) is 0 Å². The molecule has 1 aromatic heterocycles. The molecule has 0 amide bonds. The fourth-order valence-electron chi connectivity index (χ4n) is 6.52. The maximum absolute atomic E-state index is 2.61. The van der Waals surface area contributed by atoms with Crippen molar-refractivity contribution in [1.82, 2.24) is 4.57 Å². The molecular formula is C36H31N. The van der Waals surface area contributed by atoms with Gasteiger partial charge in [0.1, 0.15) is 0 Å². The Hall–Kier alpha value is -4.10. The molecule has 37 heavy (non-hydrogen) atoms. The third kappa shape index (κ3) is 3.30. The molecule has 2 aliphatic rings. The van der Waals surface area contributed by atoms with Crippen molar-refractivity contribution in [3.05, 3.63) is 113 Å². The number of nitrogens with zero attached hydrogens (tertiary/aromatic N) is 1. The van der Waals surface area contributed by atoms with Crippen molar-refractivity contribution in [3.8, 4) is 0 Å². The number of benzene rings is 5. The number of allylic oxidation sites excluding steroid dienone is 2. The van der Waals surface area contributed by atoms with Crippen LogP contribution in [0.15, 0.2) is 91.0 Å². The van der Waals surface area contributed by atoms with Crippen LogP contribution in [-0.2, 0) is 12.8 Å². The van der Waals surface area contributed by atoms with Gasteiger partial charge in [-0.15, -0.1) is 0 Å². The molecule has 1 heteroatoms. The van der Waals surface area contributed by atoms with Crippen molar-refractivity contribution < 1.29 is 0 Å². The minimum atomic E-state index is 1.05. The standard InChI is InChI=1S/C34H25N.C2H6/c1-2-10-23-19-26(18-17-22(23)9-1)35-32-21-25-12-4-3-11-24(25)20-31(32)33-29-15-7-5-13-27(29)28-14-6-8-16-30(28)34(33)35;1-2/h1-5,7-13,15-16,19-21H,6,14,17-18H2;1-2H3. The van der Waals surface area contributed by atoms with E-state index < -0.39 is 0 Å². The highest BCUT2D eigenvalue weighted by Crippen LogP contribution is 2.45. The summed E-state index contributed by atoms with van der Waals surface area (Å²) in [6.45, 7) is 4.00. The summed E-state index contributed by atoms with van der Waals surface area (Å²) in [7, 11) is 0. The van der Waals surface area contributed by atoms with Gasteiger partial charge in [0.15, 0.2) is 0 Å². The summed E-state index contributed by atoms with van der Waals surface area (Å²) >= 11 is 0. The number of rotatable bonds is 1. The van der Waals surface area contributed by atoms with Crippen molar-refractivity contribution >= 4 is 61.2 Å². The van der Waals surface area contributed by atoms with Crippen LogP contribution in [-0.4, -0.2) is 4.57 Å². The molecule has 0 spiro atoms. The van der Waals surface area contributed by atoms with Crippen LogP contribution in [0.25, 0.3) is 61.2 Å². The molecule has 0 bridgehead atoms. The van der Waals surface area contributed by atoms with Gasteiger partial charge in [0, 0.05) is 22.0 Å². The molecule has 5 aromatic carbocycles. The summed E-state index contributed by atoms with van der Waals surface area (Å²) in [6, 6.07) is 31.6. The Morgan fingerprint density at radius 3 is 2.27 bits per heavy atom. The Morgan fingerprint density at radius 1 is 0.676 bits per heavy atom. The van der Waals surface area contributed by atoms with Gasteiger partial charge in [0.2, 0.25) is 0 Å². The van der Waals surface area contributed by atoms with Crippen LogP contribution < -0.4 is 0 Å². The highest BCUT2D eigenvalue weighted by Gasteiger charge is 2.24. The lowest BCUT2D eigenvalue weighted by Gasteiger charge is -2.22. The predicted octanol–water partition coefficient (Wildman–Crippen LogP) is 10.0. The molecule has 1 nitrogen and oxygen atoms in total. The van der Waals surface area contributed by atoms with Gasteiger partial charge in [0.25, 0.3) is 0 Å². The first-order valence-electron chi connectivity index (χ1n) is 13.7.